The summed E-state index contributed by atoms with van der Waals surface area (Å²) >= 11 is 0. The van der Waals surface area contributed by atoms with Gasteiger partial charge in [0.25, 0.3) is 0 Å². The van der Waals surface area contributed by atoms with Crippen LogP contribution in [0.25, 0.3) is 0 Å². The van der Waals surface area contributed by atoms with Crippen molar-refractivity contribution in [3.8, 4) is 0 Å². The van der Waals surface area contributed by atoms with Crippen LogP contribution in [0, 0.1) is 0 Å². The van der Waals surface area contributed by atoms with E-state index in [4.69, 9.17) is 0 Å². The van der Waals surface area contributed by atoms with Gasteiger partial charge in [0, 0.05) is 5.57 Å². The van der Waals surface area contributed by atoms with Crippen molar-refractivity contribution in [3.05, 3.63) is 66.0 Å². The Hall–Kier alpha value is -1.52. The number of rotatable bonds is 3. The molecule has 0 bridgehead atoms. The Balaban J connectivity index is 2.98. The van der Waals surface area contributed by atoms with Gasteiger partial charge in [-0.25, -0.2) is 0 Å². The lowest BCUT2D eigenvalue weighted by atomic mass is 10.0. The second kappa shape index (κ2) is 6.01. The Kier molecular flexibility index (Phi) is 4.54. The fourth-order valence-corrected chi connectivity index (χ4v) is 1.36. The molecule has 0 spiro atoms. The fraction of sp³-hybridized carbons (Fsp3) is 0.214. The Bertz CT molecular complexity index is 342. The molecule has 0 aromatic rings. The minimum atomic E-state index is 0.869. The largest absolute Gasteiger partial charge is 0.121 e. The number of hydrogen-bond acceptors (Lipinski definition) is 0. The SMILES string of the molecule is C=CCC(=C=CC)C1=CC=CCC=C1. The van der Waals surface area contributed by atoms with Crippen molar-refractivity contribution < 1.29 is 0 Å². The van der Waals surface area contributed by atoms with Gasteiger partial charge in [0.2, 0.25) is 0 Å². The highest BCUT2D eigenvalue weighted by molar-refractivity contribution is 5.43. The highest BCUT2D eigenvalue weighted by Crippen LogP contribution is 2.17. The number of allylic oxidation sites excluding steroid dienone is 8. The minimum absolute atomic E-state index is 0.869. The van der Waals surface area contributed by atoms with Crippen molar-refractivity contribution in [2.45, 2.75) is 19.8 Å². The second-order valence-electron chi connectivity index (χ2n) is 3.09. The summed E-state index contributed by atoms with van der Waals surface area (Å²) in [5.41, 5.74) is 5.68. The molecule has 0 aromatic heterocycles. The summed E-state index contributed by atoms with van der Waals surface area (Å²) in [6.45, 7) is 5.74. The van der Waals surface area contributed by atoms with Crippen molar-refractivity contribution in [2.24, 2.45) is 0 Å². The van der Waals surface area contributed by atoms with E-state index in [2.05, 4.69) is 42.7 Å². The maximum Gasteiger partial charge on any atom is 0.00460 e. The van der Waals surface area contributed by atoms with Gasteiger partial charge in [-0.2, -0.15) is 0 Å². The predicted octanol–water partition coefficient (Wildman–Crippen LogP) is 4.11. The van der Waals surface area contributed by atoms with Crippen LogP contribution in [0.5, 0.6) is 0 Å². The van der Waals surface area contributed by atoms with E-state index in [1.165, 1.54) is 11.1 Å². The van der Waals surface area contributed by atoms with Crippen LogP contribution < -0.4 is 0 Å². The first-order valence-electron chi connectivity index (χ1n) is 4.93. The van der Waals surface area contributed by atoms with Gasteiger partial charge in [0.1, 0.15) is 0 Å². The molecule has 72 valence electrons. The molecule has 0 fully saturated rings. The summed E-state index contributed by atoms with van der Waals surface area (Å²) in [5, 5.41) is 0. The number of hydrogen-bond donors (Lipinski definition) is 0. The van der Waals surface area contributed by atoms with Crippen molar-refractivity contribution in [1.82, 2.24) is 0 Å². The molecule has 0 saturated heterocycles. The molecule has 1 rings (SSSR count). The van der Waals surface area contributed by atoms with E-state index in [0.29, 0.717) is 0 Å². The second-order valence-corrected chi connectivity index (χ2v) is 3.09. The molecule has 0 nitrogen and oxygen atoms in total. The third-order valence-electron chi connectivity index (χ3n) is 2.00. The average molecular weight is 184 g/mol. The van der Waals surface area contributed by atoms with E-state index in [9.17, 15) is 0 Å². The highest BCUT2D eigenvalue weighted by Gasteiger charge is 1.99. The lowest BCUT2D eigenvalue weighted by molar-refractivity contribution is 1.25. The first-order valence-corrected chi connectivity index (χ1v) is 4.93. The molecular weight excluding hydrogens is 168 g/mol. The molecule has 1 aliphatic carbocycles. The van der Waals surface area contributed by atoms with Gasteiger partial charge in [0.15, 0.2) is 0 Å². The standard InChI is InChI=1S/C14H16/c1-3-9-13(10-4-2)14-11-7-5-6-8-12-14/h3-5,7-8,11-12H,1,6,9H2,2H3. The molecular formula is C14H16. The van der Waals surface area contributed by atoms with E-state index >= 15 is 0 Å². The topological polar surface area (TPSA) is 0 Å². The summed E-state index contributed by atoms with van der Waals surface area (Å²) in [6, 6.07) is 0. The van der Waals surface area contributed by atoms with E-state index in [0.717, 1.165) is 12.8 Å². The Morgan fingerprint density at radius 3 is 3.14 bits per heavy atom. The maximum absolute atomic E-state index is 3.76. The Morgan fingerprint density at radius 2 is 2.43 bits per heavy atom. The summed E-state index contributed by atoms with van der Waals surface area (Å²) < 4.78 is 0. The first kappa shape index (κ1) is 10.6. The summed E-state index contributed by atoms with van der Waals surface area (Å²) in [4.78, 5) is 0. The third-order valence-corrected chi connectivity index (χ3v) is 2.00. The minimum Gasteiger partial charge on any atom is -0.121 e. The Morgan fingerprint density at radius 1 is 1.57 bits per heavy atom. The van der Waals surface area contributed by atoms with Gasteiger partial charge in [-0.1, -0.05) is 36.5 Å². The van der Waals surface area contributed by atoms with Gasteiger partial charge in [-0.05, 0) is 31.4 Å². The van der Waals surface area contributed by atoms with Gasteiger partial charge in [-0.3, -0.25) is 0 Å². The van der Waals surface area contributed by atoms with Gasteiger partial charge in [-0.15, -0.1) is 12.3 Å². The lowest BCUT2D eigenvalue weighted by Crippen LogP contribution is -1.83. The van der Waals surface area contributed by atoms with Crippen molar-refractivity contribution in [1.29, 1.82) is 0 Å². The van der Waals surface area contributed by atoms with Gasteiger partial charge < -0.3 is 0 Å². The van der Waals surface area contributed by atoms with Crippen LogP contribution in [0.1, 0.15) is 19.8 Å². The van der Waals surface area contributed by atoms with Crippen LogP contribution in [0.3, 0.4) is 0 Å². The lowest BCUT2D eigenvalue weighted by Gasteiger charge is -2.01. The highest BCUT2D eigenvalue weighted by atomic mass is 14.0. The van der Waals surface area contributed by atoms with E-state index in [1.54, 1.807) is 0 Å². The smallest absolute Gasteiger partial charge is 0.00460 e. The maximum atomic E-state index is 3.76. The van der Waals surface area contributed by atoms with Gasteiger partial charge >= 0.3 is 0 Å². The molecule has 14 heavy (non-hydrogen) atoms. The van der Waals surface area contributed by atoms with Crippen LogP contribution in [0.4, 0.5) is 0 Å². The summed E-state index contributed by atoms with van der Waals surface area (Å²) in [7, 11) is 0. The predicted molar refractivity (Wildman–Crippen MR) is 63.1 cm³/mol. The molecule has 0 unspecified atom stereocenters. The van der Waals surface area contributed by atoms with Crippen molar-refractivity contribution >= 4 is 0 Å². The third kappa shape index (κ3) is 3.08. The van der Waals surface area contributed by atoms with Crippen molar-refractivity contribution in [2.75, 3.05) is 0 Å². The molecule has 0 aliphatic heterocycles. The zero-order valence-electron chi connectivity index (χ0n) is 8.66. The summed E-state index contributed by atoms with van der Waals surface area (Å²) in [6.07, 6.45) is 16.4. The first-order chi connectivity index (χ1) is 6.88. The molecule has 0 heteroatoms. The van der Waals surface area contributed by atoms with Crippen LogP contribution in [-0.4, -0.2) is 0 Å². The zero-order chi connectivity index (χ0) is 10.2. The molecule has 0 aromatic carbocycles. The van der Waals surface area contributed by atoms with Crippen LogP contribution in [0.15, 0.2) is 66.0 Å². The quantitative estimate of drug-likeness (QED) is 0.457. The van der Waals surface area contributed by atoms with E-state index < -0.39 is 0 Å². The van der Waals surface area contributed by atoms with E-state index in [-0.39, 0.29) is 0 Å². The molecule has 0 radical (unpaired) electrons. The van der Waals surface area contributed by atoms with Gasteiger partial charge in [0.05, 0.1) is 0 Å². The monoisotopic (exact) mass is 184 g/mol. The van der Waals surface area contributed by atoms with Crippen LogP contribution in [0.2, 0.25) is 0 Å². The molecule has 1 aliphatic rings. The van der Waals surface area contributed by atoms with E-state index in [1.807, 2.05) is 19.1 Å². The Labute approximate surface area is 86.3 Å². The van der Waals surface area contributed by atoms with Crippen LogP contribution >= 0.6 is 0 Å². The normalized spacial score (nSPS) is 13.9. The average Bonchev–Trinajstić information content (AvgIpc) is 2.45. The summed E-state index contributed by atoms with van der Waals surface area (Å²) in [5.74, 6) is 0. The van der Waals surface area contributed by atoms with Crippen LogP contribution in [-0.2, 0) is 0 Å². The fourth-order valence-electron chi connectivity index (χ4n) is 1.36. The molecule has 0 atom stereocenters. The molecule has 0 N–H and O–H groups in total. The molecule has 0 saturated carbocycles. The molecule has 0 amide bonds. The van der Waals surface area contributed by atoms with Crippen molar-refractivity contribution in [3.63, 3.8) is 0 Å². The molecule has 0 heterocycles. The zero-order valence-corrected chi connectivity index (χ0v) is 8.66.